The molecule has 0 nitrogen and oxygen atoms in total. The van der Waals surface area contributed by atoms with Gasteiger partial charge in [-0.1, -0.05) is 6.58 Å². The fourth-order valence-electron chi connectivity index (χ4n) is 0.323. The SMILES string of the molecule is C=C(F)C(F)(F)C(C)(C)F. The van der Waals surface area contributed by atoms with Gasteiger partial charge in [-0.05, 0) is 13.8 Å². The van der Waals surface area contributed by atoms with Crippen molar-refractivity contribution in [2.24, 2.45) is 0 Å². The number of halogens is 4. The predicted octanol–water partition coefficient (Wildman–Crippen LogP) is 2.85. The largest absolute Gasteiger partial charge is 0.330 e. The molecule has 0 saturated heterocycles. The van der Waals surface area contributed by atoms with Gasteiger partial charge in [0.05, 0.1) is 0 Å². The summed E-state index contributed by atoms with van der Waals surface area (Å²) in [4.78, 5) is 0. The van der Waals surface area contributed by atoms with Gasteiger partial charge < -0.3 is 0 Å². The molecule has 0 bridgehead atoms. The van der Waals surface area contributed by atoms with Crippen LogP contribution in [-0.4, -0.2) is 11.6 Å². The standard InChI is InChI=1S/C6H8F4/c1-4(7)6(9,10)5(2,3)8/h1H2,2-3H3. The Bertz CT molecular complexity index is 142. The molecule has 0 rings (SSSR count). The second-order valence-electron chi connectivity index (χ2n) is 2.45. The maximum atomic E-state index is 12.4. The molecule has 0 aromatic rings. The maximum Gasteiger partial charge on any atom is 0.330 e. The summed E-state index contributed by atoms with van der Waals surface area (Å²) in [6.45, 7) is 3.53. The Kier molecular flexibility index (Phi) is 2.13. The van der Waals surface area contributed by atoms with E-state index in [0.717, 1.165) is 0 Å². The molecule has 60 valence electrons. The molecule has 0 unspecified atom stereocenters. The van der Waals surface area contributed by atoms with E-state index in [1.807, 2.05) is 0 Å². The highest BCUT2D eigenvalue weighted by Gasteiger charge is 2.50. The summed E-state index contributed by atoms with van der Waals surface area (Å²) in [5, 5.41) is 0. The van der Waals surface area contributed by atoms with Crippen molar-refractivity contribution in [2.45, 2.75) is 25.4 Å². The van der Waals surface area contributed by atoms with Gasteiger partial charge in [0, 0.05) is 0 Å². The summed E-state index contributed by atoms with van der Waals surface area (Å²) in [6.07, 6.45) is 0. The van der Waals surface area contributed by atoms with Gasteiger partial charge in [0.1, 0.15) is 0 Å². The van der Waals surface area contributed by atoms with Crippen molar-refractivity contribution in [3.05, 3.63) is 12.4 Å². The third kappa shape index (κ3) is 1.49. The molecule has 0 heterocycles. The van der Waals surface area contributed by atoms with E-state index in [0.29, 0.717) is 13.8 Å². The van der Waals surface area contributed by atoms with Crippen LogP contribution in [0.5, 0.6) is 0 Å². The minimum absolute atomic E-state index is 0.595. The van der Waals surface area contributed by atoms with E-state index in [2.05, 4.69) is 6.58 Å². The van der Waals surface area contributed by atoms with Crippen molar-refractivity contribution in [3.8, 4) is 0 Å². The van der Waals surface area contributed by atoms with E-state index in [4.69, 9.17) is 0 Å². The fourth-order valence-corrected chi connectivity index (χ4v) is 0.323. The molecule has 0 aromatic carbocycles. The van der Waals surface area contributed by atoms with Crippen LogP contribution in [0.3, 0.4) is 0 Å². The van der Waals surface area contributed by atoms with Gasteiger partial charge in [0.2, 0.25) is 0 Å². The molecular formula is C6H8F4. The average Bonchev–Trinajstić information content (AvgIpc) is 1.62. The summed E-state index contributed by atoms with van der Waals surface area (Å²) in [6, 6.07) is 0. The van der Waals surface area contributed by atoms with Crippen LogP contribution in [0.15, 0.2) is 12.4 Å². The van der Waals surface area contributed by atoms with E-state index in [1.165, 1.54) is 0 Å². The molecular weight excluding hydrogens is 148 g/mol. The highest BCUT2D eigenvalue weighted by Crippen LogP contribution is 2.37. The Labute approximate surface area is 56.5 Å². The van der Waals surface area contributed by atoms with Crippen molar-refractivity contribution in [2.75, 3.05) is 0 Å². The van der Waals surface area contributed by atoms with Gasteiger partial charge in [-0.3, -0.25) is 0 Å². The first-order chi connectivity index (χ1) is 4.19. The van der Waals surface area contributed by atoms with Crippen LogP contribution in [0.1, 0.15) is 13.8 Å². The number of allylic oxidation sites excluding steroid dienone is 1. The van der Waals surface area contributed by atoms with Crippen molar-refractivity contribution in [3.63, 3.8) is 0 Å². The van der Waals surface area contributed by atoms with Crippen LogP contribution in [0.4, 0.5) is 17.6 Å². The summed E-state index contributed by atoms with van der Waals surface area (Å²) in [5.74, 6) is -6.03. The molecule has 0 fully saturated rings. The lowest BCUT2D eigenvalue weighted by molar-refractivity contribution is -0.102. The van der Waals surface area contributed by atoms with Gasteiger partial charge in [0.25, 0.3) is 0 Å². The van der Waals surface area contributed by atoms with Crippen molar-refractivity contribution in [1.82, 2.24) is 0 Å². The molecule has 4 heteroatoms. The van der Waals surface area contributed by atoms with E-state index < -0.39 is 17.4 Å². The zero-order chi connectivity index (χ0) is 8.58. The van der Waals surface area contributed by atoms with Gasteiger partial charge in [0.15, 0.2) is 11.5 Å². The maximum absolute atomic E-state index is 12.4. The first-order valence-corrected chi connectivity index (χ1v) is 2.61. The molecule has 0 N–H and O–H groups in total. The molecule has 0 aromatic heterocycles. The summed E-state index contributed by atoms with van der Waals surface area (Å²) in [5.41, 5.74) is -2.89. The highest BCUT2D eigenvalue weighted by atomic mass is 19.3. The monoisotopic (exact) mass is 156 g/mol. The molecule has 0 atom stereocenters. The Hall–Kier alpha value is -0.540. The Morgan fingerprint density at radius 3 is 1.50 bits per heavy atom. The minimum Gasteiger partial charge on any atom is -0.237 e. The average molecular weight is 156 g/mol. The van der Waals surface area contributed by atoms with Crippen LogP contribution in [0, 0.1) is 0 Å². The Balaban J connectivity index is 4.57. The first-order valence-electron chi connectivity index (χ1n) is 2.61. The zero-order valence-corrected chi connectivity index (χ0v) is 5.72. The van der Waals surface area contributed by atoms with E-state index >= 15 is 0 Å². The molecule has 0 spiro atoms. The third-order valence-electron chi connectivity index (χ3n) is 1.09. The highest BCUT2D eigenvalue weighted by molar-refractivity contribution is 5.06. The summed E-state index contributed by atoms with van der Waals surface area (Å²) < 4.78 is 48.6. The number of hydrogen-bond acceptors (Lipinski definition) is 0. The third-order valence-corrected chi connectivity index (χ3v) is 1.09. The quantitative estimate of drug-likeness (QED) is 0.539. The lowest BCUT2D eigenvalue weighted by Gasteiger charge is -2.24. The Morgan fingerprint density at radius 1 is 1.20 bits per heavy atom. The van der Waals surface area contributed by atoms with Gasteiger partial charge in [-0.15, -0.1) is 0 Å². The normalized spacial score (nSPS) is 13.4. The first kappa shape index (κ1) is 9.46. The van der Waals surface area contributed by atoms with Crippen LogP contribution in [0.2, 0.25) is 0 Å². The Morgan fingerprint density at radius 2 is 1.50 bits per heavy atom. The molecule has 0 radical (unpaired) electrons. The smallest absolute Gasteiger partial charge is 0.237 e. The van der Waals surface area contributed by atoms with E-state index in [1.54, 1.807) is 0 Å². The molecule has 0 aliphatic carbocycles. The second-order valence-corrected chi connectivity index (χ2v) is 2.45. The van der Waals surface area contributed by atoms with Crippen LogP contribution in [0.25, 0.3) is 0 Å². The van der Waals surface area contributed by atoms with Crippen LogP contribution >= 0.6 is 0 Å². The lowest BCUT2D eigenvalue weighted by atomic mass is 10.0. The van der Waals surface area contributed by atoms with Crippen LogP contribution in [-0.2, 0) is 0 Å². The van der Waals surface area contributed by atoms with E-state index in [9.17, 15) is 17.6 Å². The van der Waals surface area contributed by atoms with Gasteiger partial charge in [-0.2, -0.15) is 8.78 Å². The zero-order valence-electron chi connectivity index (χ0n) is 5.72. The van der Waals surface area contributed by atoms with Crippen molar-refractivity contribution < 1.29 is 17.6 Å². The predicted molar refractivity (Wildman–Crippen MR) is 30.4 cm³/mol. The van der Waals surface area contributed by atoms with E-state index in [-0.39, 0.29) is 0 Å². The number of alkyl halides is 3. The number of hydrogen-bond donors (Lipinski definition) is 0. The van der Waals surface area contributed by atoms with Crippen molar-refractivity contribution >= 4 is 0 Å². The summed E-state index contributed by atoms with van der Waals surface area (Å²) in [7, 11) is 0. The number of rotatable bonds is 2. The van der Waals surface area contributed by atoms with Crippen molar-refractivity contribution in [1.29, 1.82) is 0 Å². The minimum atomic E-state index is -4.09. The van der Waals surface area contributed by atoms with Crippen LogP contribution < -0.4 is 0 Å². The molecule has 0 aliphatic rings. The molecule has 0 amide bonds. The summed E-state index contributed by atoms with van der Waals surface area (Å²) >= 11 is 0. The topological polar surface area (TPSA) is 0 Å². The second kappa shape index (κ2) is 2.25. The van der Waals surface area contributed by atoms with Gasteiger partial charge >= 0.3 is 5.92 Å². The molecule has 0 aliphatic heterocycles. The molecule has 0 saturated carbocycles. The molecule has 10 heavy (non-hydrogen) atoms. The lowest BCUT2D eigenvalue weighted by Crippen LogP contribution is -2.39. The van der Waals surface area contributed by atoms with Gasteiger partial charge in [-0.25, -0.2) is 8.78 Å². The fraction of sp³-hybridized carbons (Fsp3) is 0.667.